The first-order valence-electron chi connectivity index (χ1n) is 5.84. The average molecular weight is 209 g/mol. The molecule has 2 unspecified atom stereocenters. The van der Waals surface area contributed by atoms with E-state index in [1.165, 1.54) is 12.1 Å². The molecule has 1 aromatic heterocycles. The van der Waals surface area contributed by atoms with E-state index in [1.807, 2.05) is 18.7 Å². The summed E-state index contributed by atoms with van der Waals surface area (Å²) in [4.78, 5) is 0. The molecule has 0 fully saturated rings. The molecule has 1 heterocycles. The van der Waals surface area contributed by atoms with Crippen LogP contribution in [-0.2, 0) is 7.05 Å². The smallest absolute Gasteiger partial charge is 0.0597 e. The van der Waals surface area contributed by atoms with Gasteiger partial charge in [0, 0.05) is 7.05 Å². The molecule has 86 valence electrons. The Morgan fingerprint density at radius 1 is 1.47 bits per heavy atom. The largest absolute Gasteiger partial charge is 0.309 e. The first kappa shape index (κ1) is 12.2. The fourth-order valence-corrected chi connectivity index (χ4v) is 1.97. The van der Waals surface area contributed by atoms with Crippen LogP contribution in [0.3, 0.4) is 0 Å². The lowest BCUT2D eigenvalue weighted by Gasteiger charge is -2.23. The van der Waals surface area contributed by atoms with Crippen LogP contribution in [0.1, 0.15) is 44.6 Å². The molecule has 0 aliphatic carbocycles. The minimum Gasteiger partial charge on any atom is -0.309 e. The van der Waals surface area contributed by atoms with Crippen molar-refractivity contribution in [1.29, 1.82) is 0 Å². The monoisotopic (exact) mass is 209 g/mol. The summed E-state index contributed by atoms with van der Waals surface area (Å²) in [5, 5.41) is 7.95. The van der Waals surface area contributed by atoms with Gasteiger partial charge >= 0.3 is 0 Å². The predicted octanol–water partition coefficient (Wildman–Crippen LogP) is 2.43. The molecule has 0 radical (unpaired) electrons. The molecule has 1 rings (SSSR count). The molecule has 3 heteroatoms. The van der Waals surface area contributed by atoms with Gasteiger partial charge in [0.1, 0.15) is 0 Å². The molecule has 0 bridgehead atoms. The quantitative estimate of drug-likeness (QED) is 0.807. The number of rotatable bonds is 5. The Morgan fingerprint density at radius 2 is 2.13 bits per heavy atom. The highest BCUT2D eigenvalue weighted by Gasteiger charge is 2.20. The lowest BCUT2D eigenvalue weighted by atomic mass is 9.96. The number of hydrogen-bond donors (Lipinski definition) is 1. The summed E-state index contributed by atoms with van der Waals surface area (Å²) in [6, 6.07) is 2.60. The molecule has 1 N–H and O–H groups in total. The fourth-order valence-electron chi connectivity index (χ4n) is 1.97. The fraction of sp³-hybridized carbons (Fsp3) is 0.750. The number of nitrogens with one attached hydrogen (secondary N) is 1. The van der Waals surface area contributed by atoms with Crippen molar-refractivity contribution in [2.45, 2.75) is 40.2 Å². The van der Waals surface area contributed by atoms with E-state index in [9.17, 15) is 0 Å². The van der Waals surface area contributed by atoms with Crippen molar-refractivity contribution in [3.63, 3.8) is 0 Å². The predicted molar refractivity (Wildman–Crippen MR) is 63.8 cm³/mol. The molecule has 3 nitrogen and oxygen atoms in total. The summed E-state index contributed by atoms with van der Waals surface area (Å²) in [5.41, 5.74) is 2.39. The van der Waals surface area contributed by atoms with Crippen molar-refractivity contribution in [3.05, 3.63) is 17.5 Å². The Kier molecular flexibility index (Phi) is 4.33. The van der Waals surface area contributed by atoms with Crippen LogP contribution < -0.4 is 5.32 Å². The van der Waals surface area contributed by atoms with Gasteiger partial charge in [0.2, 0.25) is 0 Å². The molecule has 0 aliphatic rings. The number of hydrogen-bond acceptors (Lipinski definition) is 2. The molecule has 2 atom stereocenters. The lowest BCUT2D eigenvalue weighted by Crippen LogP contribution is -2.28. The number of aromatic nitrogens is 2. The normalized spacial score (nSPS) is 15.3. The molecular formula is C12H23N3. The third-order valence-corrected chi connectivity index (χ3v) is 2.99. The van der Waals surface area contributed by atoms with Crippen LogP contribution in [0.2, 0.25) is 0 Å². The minimum atomic E-state index is 0.422. The van der Waals surface area contributed by atoms with Crippen LogP contribution in [-0.4, -0.2) is 16.3 Å². The van der Waals surface area contributed by atoms with Gasteiger partial charge < -0.3 is 5.32 Å². The maximum Gasteiger partial charge on any atom is 0.0597 e. The highest BCUT2D eigenvalue weighted by molar-refractivity contribution is 5.13. The average Bonchev–Trinajstić information content (AvgIpc) is 2.53. The van der Waals surface area contributed by atoms with Crippen molar-refractivity contribution in [1.82, 2.24) is 15.1 Å². The van der Waals surface area contributed by atoms with E-state index in [4.69, 9.17) is 0 Å². The van der Waals surface area contributed by atoms with Crippen molar-refractivity contribution >= 4 is 0 Å². The van der Waals surface area contributed by atoms with E-state index in [1.54, 1.807) is 0 Å². The zero-order chi connectivity index (χ0) is 11.4. The van der Waals surface area contributed by atoms with Crippen molar-refractivity contribution in [2.75, 3.05) is 6.54 Å². The molecule has 1 aromatic rings. The summed E-state index contributed by atoms with van der Waals surface area (Å²) >= 11 is 0. The van der Waals surface area contributed by atoms with E-state index in [0.717, 1.165) is 12.2 Å². The Morgan fingerprint density at radius 3 is 2.53 bits per heavy atom. The van der Waals surface area contributed by atoms with Crippen LogP contribution >= 0.6 is 0 Å². The Labute approximate surface area is 92.9 Å². The van der Waals surface area contributed by atoms with Gasteiger partial charge in [-0.15, -0.1) is 0 Å². The molecule has 15 heavy (non-hydrogen) atoms. The number of aryl methyl sites for hydroxylation is 2. The first-order valence-corrected chi connectivity index (χ1v) is 5.84. The van der Waals surface area contributed by atoms with E-state index >= 15 is 0 Å². The highest BCUT2D eigenvalue weighted by atomic mass is 15.3. The van der Waals surface area contributed by atoms with Crippen LogP contribution in [0, 0.1) is 12.8 Å². The molecule has 0 saturated heterocycles. The van der Waals surface area contributed by atoms with Gasteiger partial charge in [0.05, 0.1) is 17.4 Å². The zero-order valence-electron chi connectivity index (χ0n) is 10.5. The second-order valence-electron chi connectivity index (χ2n) is 4.26. The third-order valence-electron chi connectivity index (χ3n) is 2.99. The van der Waals surface area contributed by atoms with Gasteiger partial charge in [0.15, 0.2) is 0 Å². The van der Waals surface area contributed by atoms with Crippen LogP contribution in [0.4, 0.5) is 0 Å². The zero-order valence-corrected chi connectivity index (χ0v) is 10.5. The Hall–Kier alpha value is -0.830. The molecule has 0 spiro atoms. The highest BCUT2D eigenvalue weighted by Crippen LogP contribution is 2.24. The minimum absolute atomic E-state index is 0.422. The maximum atomic E-state index is 4.41. The molecular weight excluding hydrogens is 186 g/mol. The van der Waals surface area contributed by atoms with E-state index in [-0.39, 0.29) is 0 Å². The lowest BCUT2D eigenvalue weighted by molar-refractivity contribution is 0.365. The van der Waals surface area contributed by atoms with Crippen molar-refractivity contribution in [3.8, 4) is 0 Å². The van der Waals surface area contributed by atoms with Gasteiger partial charge in [-0.1, -0.05) is 27.2 Å². The third kappa shape index (κ3) is 2.81. The molecule has 0 aliphatic heterocycles. The molecule has 0 amide bonds. The SMILES string of the molecule is CCNC(c1cc(C)nn1C)C(C)CC. The Balaban J connectivity index is 2.92. The van der Waals surface area contributed by atoms with Gasteiger partial charge in [-0.3, -0.25) is 4.68 Å². The number of nitrogens with zero attached hydrogens (tertiary/aromatic N) is 2. The topological polar surface area (TPSA) is 29.9 Å². The van der Waals surface area contributed by atoms with Crippen molar-refractivity contribution < 1.29 is 0 Å². The summed E-state index contributed by atoms with van der Waals surface area (Å²) in [5.74, 6) is 0.639. The van der Waals surface area contributed by atoms with Crippen LogP contribution in [0.5, 0.6) is 0 Å². The molecule has 0 aromatic carbocycles. The van der Waals surface area contributed by atoms with Gasteiger partial charge in [-0.05, 0) is 25.5 Å². The molecule has 0 saturated carbocycles. The summed E-state index contributed by atoms with van der Waals surface area (Å²) in [7, 11) is 2.02. The van der Waals surface area contributed by atoms with Gasteiger partial charge in [-0.25, -0.2) is 0 Å². The Bertz CT molecular complexity index is 304. The van der Waals surface area contributed by atoms with Crippen LogP contribution in [0.25, 0.3) is 0 Å². The second kappa shape index (κ2) is 5.31. The maximum absolute atomic E-state index is 4.41. The van der Waals surface area contributed by atoms with E-state index in [0.29, 0.717) is 12.0 Å². The summed E-state index contributed by atoms with van der Waals surface area (Å²) in [6.07, 6.45) is 1.18. The van der Waals surface area contributed by atoms with Gasteiger partial charge in [-0.2, -0.15) is 5.10 Å². The van der Waals surface area contributed by atoms with E-state index in [2.05, 4.69) is 37.3 Å². The first-order chi connectivity index (χ1) is 7.10. The summed E-state index contributed by atoms with van der Waals surface area (Å²) < 4.78 is 1.99. The van der Waals surface area contributed by atoms with Crippen LogP contribution in [0.15, 0.2) is 6.07 Å². The summed E-state index contributed by atoms with van der Waals surface area (Å²) in [6.45, 7) is 9.72. The van der Waals surface area contributed by atoms with Gasteiger partial charge in [0.25, 0.3) is 0 Å². The van der Waals surface area contributed by atoms with E-state index < -0.39 is 0 Å². The van der Waals surface area contributed by atoms with Crippen molar-refractivity contribution in [2.24, 2.45) is 13.0 Å². The second-order valence-corrected chi connectivity index (χ2v) is 4.26. The standard InChI is InChI=1S/C12H23N3/c1-6-9(3)12(13-7-2)11-8-10(4)14-15(11)5/h8-9,12-13H,6-7H2,1-5H3.